The number of benzene rings is 1. The maximum absolute atomic E-state index is 12.4. The average Bonchev–Trinajstić information content (AvgIpc) is 2.40. The molecule has 0 spiro atoms. The Hall–Kier alpha value is -1.05. The molecule has 0 bridgehead atoms. The second kappa shape index (κ2) is 7.82. The van der Waals surface area contributed by atoms with Gasteiger partial charge in [0.25, 0.3) is 6.43 Å². The van der Waals surface area contributed by atoms with E-state index in [-0.39, 0.29) is 4.90 Å². The molecule has 0 aliphatic heterocycles. The quantitative estimate of drug-likeness (QED) is 0.748. The normalized spacial score (nSPS) is 12.3. The van der Waals surface area contributed by atoms with Crippen molar-refractivity contribution in [1.82, 2.24) is 9.62 Å². The number of sulfonamides is 1. The number of nitrogens with zero attached hydrogens (tertiary/aromatic N) is 1. The predicted molar refractivity (Wildman–Crippen MR) is 79.0 cm³/mol. The Morgan fingerprint density at radius 2 is 2.00 bits per heavy atom. The van der Waals surface area contributed by atoms with Gasteiger partial charge < -0.3 is 5.32 Å². The molecule has 7 heteroatoms. The van der Waals surface area contributed by atoms with E-state index >= 15 is 0 Å². The zero-order valence-electron chi connectivity index (χ0n) is 12.6. The summed E-state index contributed by atoms with van der Waals surface area (Å²) in [5.74, 6) is 0. The van der Waals surface area contributed by atoms with Crippen molar-refractivity contribution in [3.8, 4) is 0 Å². The number of halogens is 2. The van der Waals surface area contributed by atoms with Crippen LogP contribution in [-0.4, -0.2) is 39.3 Å². The van der Waals surface area contributed by atoms with Gasteiger partial charge in [-0.1, -0.05) is 19.1 Å². The summed E-state index contributed by atoms with van der Waals surface area (Å²) in [7, 11) is -2.72. The Kier molecular flexibility index (Phi) is 6.70. The summed E-state index contributed by atoms with van der Waals surface area (Å²) in [6.45, 7) is 4.28. The minimum atomic E-state index is -3.89. The van der Waals surface area contributed by atoms with Crippen LogP contribution in [0.2, 0.25) is 0 Å². The first-order valence-corrected chi connectivity index (χ1v) is 8.27. The molecule has 1 rings (SSSR count). The molecule has 0 heterocycles. The van der Waals surface area contributed by atoms with Crippen molar-refractivity contribution in [1.29, 1.82) is 0 Å². The largest absolute Gasteiger partial charge is 0.313 e. The third kappa shape index (κ3) is 5.01. The molecule has 0 fully saturated rings. The van der Waals surface area contributed by atoms with Crippen LogP contribution >= 0.6 is 0 Å². The maximum Gasteiger partial charge on any atom is 0.252 e. The monoisotopic (exact) mass is 320 g/mol. The predicted octanol–water partition coefficient (Wildman–Crippen LogP) is 2.38. The second-order valence-electron chi connectivity index (χ2n) is 4.95. The van der Waals surface area contributed by atoms with Gasteiger partial charge in [-0.05, 0) is 37.1 Å². The molecule has 0 amide bonds. The van der Waals surface area contributed by atoms with E-state index in [1.807, 2.05) is 13.0 Å². The fraction of sp³-hybridized carbons (Fsp3) is 0.571. The third-order valence-corrected chi connectivity index (χ3v) is 5.06. The summed E-state index contributed by atoms with van der Waals surface area (Å²) in [5, 5.41) is 3.18. The SMILES string of the molecule is CCCNCc1ccc(C)c(S(=O)(=O)N(C)CC(F)F)c1. The lowest BCUT2D eigenvalue weighted by Gasteiger charge is -2.18. The fourth-order valence-corrected chi connectivity index (χ4v) is 3.32. The van der Waals surface area contributed by atoms with E-state index in [2.05, 4.69) is 5.32 Å². The molecule has 0 aliphatic carbocycles. The van der Waals surface area contributed by atoms with E-state index in [0.717, 1.165) is 18.5 Å². The van der Waals surface area contributed by atoms with E-state index in [0.29, 0.717) is 16.4 Å². The number of aryl methyl sites for hydroxylation is 1. The highest BCUT2D eigenvalue weighted by molar-refractivity contribution is 7.89. The van der Waals surface area contributed by atoms with Crippen LogP contribution in [0.5, 0.6) is 0 Å². The van der Waals surface area contributed by atoms with Gasteiger partial charge in [-0.3, -0.25) is 0 Å². The highest BCUT2D eigenvalue weighted by atomic mass is 32.2. The Bertz CT molecular complexity index is 562. The molecule has 1 N–H and O–H groups in total. The summed E-state index contributed by atoms with van der Waals surface area (Å²) >= 11 is 0. The third-order valence-electron chi connectivity index (χ3n) is 3.09. The Balaban J connectivity index is 3.02. The van der Waals surface area contributed by atoms with Gasteiger partial charge >= 0.3 is 0 Å². The van der Waals surface area contributed by atoms with E-state index < -0.39 is 23.0 Å². The molecule has 21 heavy (non-hydrogen) atoms. The average molecular weight is 320 g/mol. The van der Waals surface area contributed by atoms with Crippen molar-refractivity contribution >= 4 is 10.0 Å². The zero-order chi connectivity index (χ0) is 16.0. The minimum Gasteiger partial charge on any atom is -0.313 e. The molecule has 0 saturated heterocycles. The van der Waals surface area contributed by atoms with Gasteiger partial charge in [0.1, 0.15) is 0 Å². The number of nitrogens with one attached hydrogen (secondary N) is 1. The topological polar surface area (TPSA) is 49.4 Å². The number of rotatable bonds is 8. The van der Waals surface area contributed by atoms with Gasteiger partial charge in [0.05, 0.1) is 11.4 Å². The molecule has 0 aliphatic rings. The van der Waals surface area contributed by atoms with Crippen molar-refractivity contribution in [3.05, 3.63) is 29.3 Å². The van der Waals surface area contributed by atoms with Crippen LogP contribution in [0.1, 0.15) is 24.5 Å². The molecule has 1 aromatic rings. The van der Waals surface area contributed by atoms with Gasteiger partial charge in [0.2, 0.25) is 10.0 Å². The second-order valence-corrected chi connectivity index (χ2v) is 6.97. The van der Waals surface area contributed by atoms with Crippen molar-refractivity contribution in [3.63, 3.8) is 0 Å². The van der Waals surface area contributed by atoms with E-state index in [9.17, 15) is 17.2 Å². The van der Waals surface area contributed by atoms with Crippen molar-refractivity contribution in [2.75, 3.05) is 20.1 Å². The highest BCUT2D eigenvalue weighted by Crippen LogP contribution is 2.21. The lowest BCUT2D eigenvalue weighted by atomic mass is 10.1. The molecule has 0 aromatic heterocycles. The van der Waals surface area contributed by atoms with Crippen LogP contribution in [-0.2, 0) is 16.6 Å². The van der Waals surface area contributed by atoms with Crippen LogP contribution in [0.4, 0.5) is 8.78 Å². The summed E-state index contributed by atoms with van der Waals surface area (Å²) in [6, 6.07) is 5.09. The summed E-state index contributed by atoms with van der Waals surface area (Å²) in [5.41, 5.74) is 1.37. The Labute approximate surface area is 125 Å². The first-order chi connectivity index (χ1) is 9.78. The smallest absolute Gasteiger partial charge is 0.252 e. The number of hydrogen-bond donors (Lipinski definition) is 1. The molecule has 0 unspecified atom stereocenters. The van der Waals surface area contributed by atoms with Gasteiger partial charge in [-0.2, -0.15) is 4.31 Å². The Morgan fingerprint density at radius 1 is 1.33 bits per heavy atom. The Morgan fingerprint density at radius 3 is 2.57 bits per heavy atom. The highest BCUT2D eigenvalue weighted by Gasteiger charge is 2.25. The number of hydrogen-bond acceptors (Lipinski definition) is 3. The first kappa shape index (κ1) is 18.0. The van der Waals surface area contributed by atoms with Crippen LogP contribution in [0.15, 0.2) is 23.1 Å². The zero-order valence-corrected chi connectivity index (χ0v) is 13.4. The van der Waals surface area contributed by atoms with E-state index in [1.165, 1.54) is 7.05 Å². The van der Waals surface area contributed by atoms with Crippen LogP contribution < -0.4 is 5.32 Å². The van der Waals surface area contributed by atoms with Gasteiger partial charge in [0.15, 0.2) is 0 Å². The van der Waals surface area contributed by atoms with Gasteiger partial charge in [0, 0.05) is 13.6 Å². The van der Waals surface area contributed by atoms with E-state index in [4.69, 9.17) is 0 Å². The minimum absolute atomic E-state index is 0.0847. The molecule has 0 radical (unpaired) electrons. The summed E-state index contributed by atoms with van der Waals surface area (Å²) < 4.78 is 50.2. The lowest BCUT2D eigenvalue weighted by Crippen LogP contribution is -2.32. The van der Waals surface area contributed by atoms with Crippen LogP contribution in [0, 0.1) is 6.92 Å². The van der Waals surface area contributed by atoms with Crippen molar-refractivity contribution in [2.24, 2.45) is 0 Å². The molecular formula is C14H22F2N2O2S. The lowest BCUT2D eigenvalue weighted by molar-refractivity contribution is 0.126. The van der Waals surface area contributed by atoms with Gasteiger partial charge in [-0.25, -0.2) is 17.2 Å². The molecule has 4 nitrogen and oxygen atoms in total. The molecule has 120 valence electrons. The standard InChI is InChI=1S/C14H22F2N2O2S/c1-4-7-17-9-12-6-5-11(2)13(8-12)21(19,20)18(3)10-14(15)16/h5-6,8,14,17H,4,7,9-10H2,1-3H3. The molecule has 1 aromatic carbocycles. The fourth-order valence-electron chi connectivity index (χ4n) is 1.90. The van der Waals surface area contributed by atoms with Crippen LogP contribution in [0.3, 0.4) is 0 Å². The summed E-state index contributed by atoms with van der Waals surface area (Å²) in [4.78, 5) is 0.0847. The maximum atomic E-state index is 12.4. The first-order valence-electron chi connectivity index (χ1n) is 6.83. The molecule has 0 saturated carbocycles. The molecular weight excluding hydrogens is 298 g/mol. The summed E-state index contributed by atoms with van der Waals surface area (Å²) in [6.07, 6.45) is -1.71. The van der Waals surface area contributed by atoms with E-state index in [1.54, 1.807) is 19.1 Å². The van der Waals surface area contributed by atoms with Crippen LogP contribution in [0.25, 0.3) is 0 Å². The molecule has 0 atom stereocenters. The number of alkyl halides is 2. The van der Waals surface area contributed by atoms with Crippen molar-refractivity contribution in [2.45, 2.75) is 38.1 Å². The van der Waals surface area contributed by atoms with Gasteiger partial charge in [-0.15, -0.1) is 0 Å². The van der Waals surface area contributed by atoms with Crippen molar-refractivity contribution < 1.29 is 17.2 Å².